The van der Waals surface area contributed by atoms with E-state index in [1.54, 1.807) is 19.9 Å². The Balaban J connectivity index is 0.000000201. The van der Waals surface area contributed by atoms with Gasteiger partial charge in [-0.1, -0.05) is 209 Å². The van der Waals surface area contributed by atoms with Crippen LogP contribution in [-0.2, 0) is 0 Å². The molecular formula is C50H46BBrO4. The topological polar surface area (TPSA) is 74.6 Å². The molecule has 0 aliphatic heterocycles. The first kappa shape index (κ1) is 42.8. The van der Waals surface area contributed by atoms with E-state index in [4.69, 9.17) is 10.0 Å². The smallest absolute Gasteiger partial charge is 0.424 e. The van der Waals surface area contributed by atoms with Gasteiger partial charge in [-0.15, -0.1) is 0 Å². The third-order valence-electron chi connectivity index (χ3n) is 8.46. The molecule has 0 saturated heterocycles. The quantitative estimate of drug-likeness (QED) is 0.0822. The van der Waals surface area contributed by atoms with Crippen LogP contribution in [0.15, 0.2) is 156 Å². The summed E-state index contributed by atoms with van der Waals surface area (Å²) in [5.41, 5.74) is 11.8. The summed E-state index contributed by atoms with van der Waals surface area (Å²) in [6.45, 7) is 7.26. The molecule has 0 fully saturated rings. The molecule has 0 saturated carbocycles. The monoisotopic (exact) mass is 800 g/mol. The van der Waals surface area contributed by atoms with Crippen molar-refractivity contribution in [2.45, 2.75) is 27.7 Å². The molecule has 0 spiro atoms. The first-order valence-electron chi connectivity index (χ1n) is 18.2. The maximum Gasteiger partial charge on any atom is 0.480 e. The van der Waals surface area contributed by atoms with Gasteiger partial charge in [-0.2, -0.15) is 0 Å². The Morgan fingerprint density at radius 2 is 0.643 bits per heavy atom. The molecule has 2 N–H and O–H groups in total. The van der Waals surface area contributed by atoms with Crippen LogP contribution in [0, 0.1) is 13.8 Å². The molecule has 0 heterocycles. The number of Topliss-reactive ketones (excluding diaryl/α,β-unsaturated/α-hetero) is 2. The Morgan fingerprint density at radius 1 is 0.411 bits per heavy atom. The Hall–Kier alpha value is -5.92. The van der Waals surface area contributed by atoms with Crippen LogP contribution in [-0.4, -0.2) is 28.7 Å². The van der Waals surface area contributed by atoms with Crippen LogP contribution >= 0.6 is 15.9 Å². The summed E-state index contributed by atoms with van der Waals surface area (Å²) in [5, 5.41) is 17.1. The molecule has 0 aromatic heterocycles. The lowest BCUT2D eigenvalue weighted by Crippen LogP contribution is -2.05. The van der Waals surface area contributed by atoms with Crippen LogP contribution in [0.1, 0.15) is 84.6 Å². The minimum absolute atomic E-state index is 0.0924. The van der Waals surface area contributed by atoms with E-state index in [9.17, 15) is 9.59 Å². The lowest BCUT2D eigenvalue weighted by atomic mass is 9.91. The number of hydrogen-bond acceptors (Lipinski definition) is 4. The first-order chi connectivity index (χ1) is 26.9. The molecule has 56 heavy (non-hydrogen) atoms. The van der Waals surface area contributed by atoms with Crippen LogP contribution in [0.2, 0.25) is 0 Å². The van der Waals surface area contributed by atoms with Crippen LogP contribution in [0.25, 0.3) is 42.5 Å². The maximum absolute atomic E-state index is 11.3. The summed E-state index contributed by atoms with van der Waals surface area (Å²) < 4.78 is 1.07. The van der Waals surface area contributed by atoms with E-state index >= 15 is 0 Å². The fourth-order valence-corrected chi connectivity index (χ4v) is 5.34. The SMILES string of the molecule is CC(=O)c1ccc(/C=C/c2ccc(/C=C/c3ccc(C)cc3)cc2)cc1.CC(=O)c1ccc(/C=C/c2ccc(Br)cc2)cc1.Cc1ccc(/C=C/B(O)O)cc1. The van der Waals surface area contributed by atoms with E-state index in [0.717, 1.165) is 43.4 Å². The highest BCUT2D eigenvalue weighted by molar-refractivity contribution is 9.10. The van der Waals surface area contributed by atoms with Crippen molar-refractivity contribution in [1.82, 2.24) is 0 Å². The highest BCUT2D eigenvalue weighted by Gasteiger charge is 1.99. The number of halogens is 1. The van der Waals surface area contributed by atoms with Gasteiger partial charge in [0.25, 0.3) is 0 Å². The highest BCUT2D eigenvalue weighted by Crippen LogP contribution is 2.16. The van der Waals surface area contributed by atoms with Crippen molar-refractivity contribution >= 4 is 77.1 Å². The van der Waals surface area contributed by atoms with Gasteiger partial charge in [0.15, 0.2) is 11.6 Å². The van der Waals surface area contributed by atoms with Gasteiger partial charge in [-0.25, -0.2) is 0 Å². The van der Waals surface area contributed by atoms with Crippen molar-refractivity contribution in [2.24, 2.45) is 0 Å². The zero-order chi connectivity index (χ0) is 40.3. The highest BCUT2D eigenvalue weighted by atomic mass is 79.9. The average Bonchev–Trinajstić information content (AvgIpc) is 3.20. The third-order valence-corrected chi connectivity index (χ3v) is 8.99. The molecule has 6 heteroatoms. The van der Waals surface area contributed by atoms with Crippen LogP contribution in [0.3, 0.4) is 0 Å². The molecule has 6 rings (SSSR count). The fourth-order valence-electron chi connectivity index (χ4n) is 5.08. The third kappa shape index (κ3) is 15.8. The lowest BCUT2D eigenvalue weighted by molar-refractivity contribution is 0.100. The Morgan fingerprint density at radius 3 is 0.911 bits per heavy atom. The molecular weight excluding hydrogens is 755 g/mol. The minimum Gasteiger partial charge on any atom is -0.424 e. The van der Waals surface area contributed by atoms with Gasteiger partial charge in [0, 0.05) is 15.6 Å². The van der Waals surface area contributed by atoms with Gasteiger partial charge in [-0.05, 0) is 78.8 Å². The van der Waals surface area contributed by atoms with Crippen molar-refractivity contribution in [3.8, 4) is 0 Å². The van der Waals surface area contributed by atoms with Gasteiger partial charge in [0.05, 0.1) is 0 Å². The number of aryl methyl sites for hydroxylation is 2. The Bertz CT molecular complexity index is 2250. The van der Waals surface area contributed by atoms with Crippen molar-refractivity contribution in [3.05, 3.63) is 217 Å². The molecule has 280 valence electrons. The maximum atomic E-state index is 11.3. The molecule has 4 nitrogen and oxygen atoms in total. The molecule has 0 radical (unpaired) electrons. The van der Waals surface area contributed by atoms with E-state index in [0.29, 0.717) is 0 Å². The number of benzene rings is 6. The second-order valence-corrected chi connectivity index (χ2v) is 14.1. The van der Waals surface area contributed by atoms with Gasteiger partial charge < -0.3 is 10.0 Å². The predicted octanol–water partition coefficient (Wildman–Crippen LogP) is 12.4. The summed E-state index contributed by atoms with van der Waals surface area (Å²) >= 11 is 3.41. The fraction of sp³-hybridized carbons (Fsp3) is 0.0800. The summed E-state index contributed by atoms with van der Waals surface area (Å²) in [6, 6.07) is 48.1. The normalized spacial score (nSPS) is 11.0. The molecule has 0 atom stereocenters. The van der Waals surface area contributed by atoms with Gasteiger partial charge in [-0.3, -0.25) is 9.59 Å². The minimum atomic E-state index is -1.37. The Kier molecular flexibility index (Phi) is 17.2. The van der Waals surface area contributed by atoms with E-state index < -0.39 is 7.12 Å². The molecule has 0 aliphatic rings. The number of rotatable bonds is 10. The molecule has 6 aromatic carbocycles. The zero-order valence-corrected chi connectivity index (χ0v) is 33.7. The summed E-state index contributed by atoms with van der Waals surface area (Å²) in [7, 11) is -1.37. The van der Waals surface area contributed by atoms with Gasteiger partial charge >= 0.3 is 7.12 Å². The lowest BCUT2D eigenvalue weighted by Gasteiger charge is -1.99. The second kappa shape index (κ2) is 22.5. The Labute approximate surface area is 340 Å². The molecule has 0 aliphatic carbocycles. The summed E-state index contributed by atoms with van der Waals surface area (Å²) in [4.78, 5) is 22.4. The molecule has 0 amide bonds. The van der Waals surface area contributed by atoms with E-state index in [2.05, 4.69) is 102 Å². The van der Waals surface area contributed by atoms with Gasteiger partial charge in [0.2, 0.25) is 0 Å². The van der Waals surface area contributed by atoms with E-state index in [1.165, 1.54) is 28.2 Å². The first-order valence-corrected chi connectivity index (χ1v) is 19.0. The predicted molar refractivity (Wildman–Crippen MR) is 242 cm³/mol. The van der Waals surface area contributed by atoms with Crippen molar-refractivity contribution in [2.75, 3.05) is 0 Å². The van der Waals surface area contributed by atoms with Crippen LogP contribution < -0.4 is 0 Å². The van der Waals surface area contributed by atoms with E-state index in [1.807, 2.05) is 110 Å². The van der Waals surface area contributed by atoms with Crippen LogP contribution in [0.5, 0.6) is 0 Å². The largest absolute Gasteiger partial charge is 0.480 e. The molecule has 0 unspecified atom stereocenters. The van der Waals surface area contributed by atoms with Gasteiger partial charge in [0.1, 0.15) is 0 Å². The number of carbonyl (C=O) groups is 2. The van der Waals surface area contributed by atoms with Crippen molar-refractivity contribution in [1.29, 1.82) is 0 Å². The molecule has 0 bridgehead atoms. The number of hydrogen-bond donors (Lipinski definition) is 2. The number of carbonyl (C=O) groups excluding carboxylic acids is 2. The average molecular weight is 802 g/mol. The van der Waals surface area contributed by atoms with Crippen LogP contribution in [0.4, 0.5) is 0 Å². The summed E-state index contributed by atoms with van der Waals surface area (Å²) in [5.74, 6) is 1.51. The van der Waals surface area contributed by atoms with E-state index in [-0.39, 0.29) is 11.6 Å². The second-order valence-electron chi connectivity index (χ2n) is 13.2. The zero-order valence-electron chi connectivity index (χ0n) is 32.1. The van der Waals surface area contributed by atoms with Crippen molar-refractivity contribution in [3.63, 3.8) is 0 Å². The molecule has 6 aromatic rings. The summed E-state index contributed by atoms with van der Waals surface area (Å²) in [6.07, 6.45) is 14.1. The standard InChI is InChI=1S/C25H22O.C16H13BrO.C9H11BO2/c1-19-3-5-21(6-4-19)7-8-22-9-11-23(12-10-22)13-14-24-15-17-25(18-16-24)20(2)26;1-12(18)15-8-4-13(5-9-15)2-3-14-6-10-16(17)11-7-14;1-8-2-4-9(5-3-8)6-7-10(11)12/h3-18H,1-2H3;2-11H,1H3;2-7,11-12H,1H3/b8-7+,14-13+;3-2+;7-6+. The number of ketones is 2. The van der Waals surface area contributed by atoms with Crippen molar-refractivity contribution < 1.29 is 19.6 Å².